The Labute approximate surface area is 222 Å². The van der Waals surface area contributed by atoms with Crippen molar-refractivity contribution in [2.24, 2.45) is 10.3 Å². The molecule has 5 heteroatoms. The molecule has 36 heavy (non-hydrogen) atoms. The molecule has 0 amide bonds. The van der Waals surface area contributed by atoms with Crippen molar-refractivity contribution >= 4 is 25.1 Å². The van der Waals surface area contributed by atoms with Gasteiger partial charge in [0.1, 0.15) is 8.07 Å². The summed E-state index contributed by atoms with van der Waals surface area (Å²) in [6.07, 6.45) is 4.46. The zero-order valence-corrected chi connectivity index (χ0v) is 24.1. The Morgan fingerprint density at radius 3 is 2.31 bits per heavy atom. The molecule has 1 heterocycles. The summed E-state index contributed by atoms with van der Waals surface area (Å²) in [5.74, 6) is 10.1. The van der Waals surface area contributed by atoms with Gasteiger partial charge >= 0.3 is 0 Å². The zero-order valence-electron chi connectivity index (χ0n) is 22.3. The summed E-state index contributed by atoms with van der Waals surface area (Å²) in [6.45, 7) is 12.9. The molecular weight excluding hydrogens is 475 g/mol. The highest BCUT2D eigenvalue weighted by atomic mass is 32.1. The van der Waals surface area contributed by atoms with E-state index in [0.29, 0.717) is 0 Å². The van der Waals surface area contributed by atoms with E-state index < -0.39 is 8.07 Å². The number of unbranched alkanes of at least 4 members (excludes halogenated alkanes) is 1. The van der Waals surface area contributed by atoms with E-state index in [9.17, 15) is 0 Å². The monoisotopic (exact) mass is 511 g/mol. The van der Waals surface area contributed by atoms with Gasteiger partial charge in [-0.25, -0.2) is 0 Å². The number of hydrogen-bond donors (Lipinski definition) is 0. The highest BCUT2D eigenvalue weighted by Crippen LogP contribution is 2.23. The van der Waals surface area contributed by atoms with E-state index in [2.05, 4.69) is 97.5 Å². The van der Waals surface area contributed by atoms with Gasteiger partial charge < -0.3 is 0 Å². The van der Waals surface area contributed by atoms with Crippen molar-refractivity contribution in [2.45, 2.75) is 65.7 Å². The van der Waals surface area contributed by atoms with Gasteiger partial charge in [0.05, 0.1) is 22.0 Å². The van der Waals surface area contributed by atoms with Gasteiger partial charge in [0.25, 0.3) is 0 Å². The summed E-state index contributed by atoms with van der Waals surface area (Å²) in [5.41, 5.74) is 7.90. The highest BCUT2D eigenvalue weighted by molar-refractivity contribution is 7.13. The number of thiophene rings is 1. The van der Waals surface area contributed by atoms with Crippen LogP contribution in [-0.2, 0) is 13.0 Å². The first kappa shape index (κ1) is 27.5. The Balaban J connectivity index is 1.70. The predicted molar refractivity (Wildman–Crippen MR) is 157 cm³/mol. The number of benzene rings is 2. The molecule has 0 atom stereocenters. The van der Waals surface area contributed by atoms with Gasteiger partial charge in [-0.05, 0) is 60.7 Å². The van der Waals surface area contributed by atoms with Crippen molar-refractivity contribution in [2.75, 3.05) is 6.54 Å². The Morgan fingerprint density at radius 2 is 1.64 bits per heavy atom. The van der Waals surface area contributed by atoms with E-state index in [0.717, 1.165) is 42.1 Å². The normalized spacial score (nSPS) is 11.0. The largest absolute Gasteiger partial charge is 0.274 e. The molecule has 0 radical (unpaired) electrons. The van der Waals surface area contributed by atoms with Gasteiger partial charge in [0.2, 0.25) is 0 Å². The molecule has 1 aromatic heterocycles. The van der Waals surface area contributed by atoms with Gasteiger partial charge in [0.15, 0.2) is 0 Å². The molecule has 186 valence electrons. The Morgan fingerprint density at radius 1 is 0.889 bits per heavy atom. The van der Waals surface area contributed by atoms with Gasteiger partial charge in [-0.2, -0.15) is 0 Å². The predicted octanol–water partition coefficient (Wildman–Crippen LogP) is 8.63. The maximum absolute atomic E-state index is 4.49. The standard InChI is InChI=1S/C31H37N3SSi/c1-6-8-14-28-24-30(35-31(28)21-23-36(3,4)5)20-17-26-15-18-29(19-16-26)32-33-34(22-7-2)25-27-12-10-9-11-13-27/h9-13,15-16,18-19,24H,6-8,14,22,25H2,1-5H3. The second-order valence-corrected chi connectivity index (χ2v) is 15.7. The first-order valence-corrected chi connectivity index (χ1v) is 17.2. The highest BCUT2D eigenvalue weighted by Gasteiger charge is 2.10. The van der Waals surface area contributed by atoms with Gasteiger partial charge in [0, 0.05) is 12.1 Å². The molecule has 0 N–H and O–H groups in total. The van der Waals surface area contributed by atoms with Crippen LogP contribution in [0.3, 0.4) is 0 Å². The lowest BCUT2D eigenvalue weighted by Crippen LogP contribution is -2.17. The average molecular weight is 512 g/mol. The molecule has 0 bridgehead atoms. The van der Waals surface area contributed by atoms with Gasteiger partial charge in [-0.1, -0.05) is 93.2 Å². The zero-order chi connectivity index (χ0) is 25.8. The van der Waals surface area contributed by atoms with Crippen LogP contribution in [0.25, 0.3) is 0 Å². The van der Waals surface area contributed by atoms with E-state index in [1.54, 1.807) is 11.3 Å². The van der Waals surface area contributed by atoms with E-state index in [4.69, 9.17) is 0 Å². The molecule has 0 saturated heterocycles. The molecule has 3 aromatic rings. The molecule has 0 aliphatic heterocycles. The minimum atomic E-state index is -1.41. The van der Waals surface area contributed by atoms with Crippen molar-refractivity contribution in [3.63, 3.8) is 0 Å². The molecule has 0 fully saturated rings. The van der Waals surface area contributed by atoms with Crippen LogP contribution in [0.1, 0.15) is 59.6 Å². The molecule has 0 saturated carbocycles. The third-order valence-corrected chi connectivity index (χ3v) is 7.22. The summed E-state index contributed by atoms with van der Waals surface area (Å²) < 4.78 is 0. The minimum absolute atomic E-state index is 0.757. The minimum Gasteiger partial charge on any atom is -0.274 e. The number of aryl methyl sites for hydroxylation is 1. The van der Waals surface area contributed by atoms with Crippen molar-refractivity contribution in [3.8, 4) is 23.3 Å². The molecule has 0 aliphatic carbocycles. The first-order valence-electron chi connectivity index (χ1n) is 12.8. The topological polar surface area (TPSA) is 28.0 Å². The van der Waals surface area contributed by atoms with Crippen LogP contribution in [0.15, 0.2) is 71.0 Å². The maximum atomic E-state index is 4.49. The molecule has 0 unspecified atom stereocenters. The Hall–Kier alpha value is -3.12. The molecule has 3 nitrogen and oxygen atoms in total. The smallest absolute Gasteiger partial charge is 0.129 e. The van der Waals surface area contributed by atoms with Crippen LogP contribution < -0.4 is 0 Å². The van der Waals surface area contributed by atoms with Crippen LogP contribution in [0, 0.1) is 23.3 Å². The number of hydrogen-bond acceptors (Lipinski definition) is 3. The lowest BCUT2D eigenvalue weighted by Gasteiger charge is -2.16. The van der Waals surface area contributed by atoms with Crippen molar-refractivity contribution in [1.29, 1.82) is 0 Å². The SMILES string of the molecule is CCCCc1cc(C#Cc2ccc(N=NN(CCC)Cc3ccccc3)cc2)sc1C#C[Si](C)(C)C. The fourth-order valence-corrected chi connectivity index (χ4v) is 4.97. The second kappa shape index (κ2) is 13.8. The molecular formula is C31H37N3SSi. The van der Waals surface area contributed by atoms with Crippen molar-refractivity contribution < 1.29 is 0 Å². The summed E-state index contributed by atoms with van der Waals surface area (Å²) in [5, 5.41) is 11.0. The van der Waals surface area contributed by atoms with Crippen LogP contribution in [-0.4, -0.2) is 19.6 Å². The lowest BCUT2D eigenvalue weighted by atomic mass is 10.1. The fourth-order valence-electron chi connectivity index (χ4n) is 3.46. The summed E-state index contributed by atoms with van der Waals surface area (Å²) >= 11 is 1.73. The van der Waals surface area contributed by atoms with Crippen molar-refractivity contribution in [3.05, 3.63) is 87.1 Å². The van der Waals surface area contributed by atoms with Crippen LogP contribution in [0.5, 0.6) is 0 Å². The molecule has 0 aliphatic rings. The maximum Gasteiger partial charge on any atom is 0.129 e. The molecule has 2 aromatic carbocycles. The lowest BCUT2D eigenvalue weighted by molar-refractivity contribution is 0.262. The average Bonchev–Trinajstić information content (AvgIpc) is 3.26. The first-order chi connectivity index (χ1) is 17.4. The summed E-state index contributed by atoms with van der Waals surface area (Å²) in [7, 11) is -1.41. The third kappa shape index (κ3) is 9.50. The number of rotatable bonds is 9. The quantitative estimate of drug-likeness (QED) is 0.122. The molecule has 0 spiro atoms. The van der Waals surface area contributed by atoms with Gasteiger partial charge in [-0.3, -0.25) is 5.01 Å². The summed E-state index contributed by atoms with van der Waals surface area (Å²) in [6, 6.07) is 20.6. The Kier molecular flexibility index (Phi) is 10.6. The third-order valence-electron chi connectivity index (χ3n) is 5.33. The van der Waals surface area contributed by atoms with Crippen LogP contribution >= 0.6 is 11.3 Å². The van der Waals surface area contributed by atoms with Gasteiger partial charge in [-0.15, -0.1) is 22.0 Å². The fraction of sp³-hybridized carbons (Fsp3) is 0.355. The van der Waals surface area contributed by atoms with E-state index in [1.165, 1.54) is 28.8 Å². The summed E-state index contributed by atoms with van der Waals surface area (Å²) in [4.78, 5) is 2.28. The Bertz CT molecular complexity index is 1250. The molecule has 3 rings (SSSR count). The van der Waals surface area contributed by atoms with Crippen molar-refractivity contribution in [1.82, 2.24) is 5.01 Å². The van der Waals surface area contributed by atoms with E-state index >= 15 is 0 Å². The number of nitrogens with zero attached hydrogens (tertiary/aromatic N) is 3. The van der Waals surface area contributed by atoms with Crippen LogP contribution in [0.2, 0.25) is 19.6 Å². The second-order valence-electron chi connectivity index (χ2n) is 9.93. The van der Waals surface area contributed by atoms with E-state index in [1.807, 2.05) is 35.3 Å². The van der Waals surface area contributed by atoms with Crippen LogP contribution in [0.4, 0.5) is 5.69 Å². The van der Waals surface area contributed by atoms with E-state index in [-0.39, 0.29) is 0 Å².